The molecule has 9 heteroatoms. The SMILES string of the molecule is CN(C)C(=O)CC(NC(=O)NCc1cccc(C(F)(F)F)n1)c1ccccc1. The van der Waals surface area contributed by atoms with Gasteiger partial charge in [0.05, 0.1) is 24.7 Å². The quantitative estimate of drug-likeness (QED) is 0.791. The molecule has 0 spiro atoms. The highest BCUT2D eigenvalue weighted by molar-refractivity contribution is 5.79. The van der Waals surface area contributed by atoms with Gasteiger partial charge in [-0.2, -0.15) is 13.2 Å². The number of nitrogens with one attached hydrogen (secondary N) is 2. The van der Waals surface area contributed by atoms with Crippen molar-refractivity contribution in [1.29, 1.82) is 0 Å². The van der Waals surface area contributed by atoms with Gasteiger partial charge in [0, 0.05) is 14.1 Å². The Morgan fingerprint density at radius 3 is 2.36 bits per heavy atom. The lowest BCUT2D eigenvalue weighted by molar-refractivity contribution is -0.141. The van der Waals surface area contributed by atoms with Gasteiger partial charge in [-0.15, -0.1) is 0 Å². The molecule has 1 aromatic carbocycles. The van der Waals surface area contributed by atoms with Crippen LogP contribution in [0.15, 0.2) is 48.5 Å². The van der Waals surface area contributed by atoms with Crippen molar-refractivity contribution in [2.45, 2.75) is 25.2 Å². The number of pyridine rings is 1. The molecule has 0 fully saturated rings. The predicted molar refractivity (Wildman–Crippen MR) is 97.1 cm³/mol. The number of benzene rings is 1. The van der Waals surface area contributed by atoms with Gasteiger partial charge < -0.3 is 15.5 Å². The zero-order chi connectivity index (χ0) is 20.7. The van der Waals surface area contributed by atoms with Crippen LogP contribution in [0.2, 0.25) is 0 Å². The molecule has 150 valence electrons. The fourth-order valence-electron chi connectivity index (χ4n) is 2.41. The zero-order valence-corrected chi connectivity index (χ0v) is 15.5. The number of hydrogen-bond acceptors (Lipinski definition) is 3. The van der Waals surface area contributed by atoms with E-state index >= 15 is 0 Å². The van der Waals surface area contributed by atoms with Gasteiger partial charge in [-0.1, -0.05) is 36.4 Å². The van der Waals surface area contributed by atoms with Gasteiger partial charge >= 0.3 is 12.2 Å². The second kappa shape index (κ2) is 9.20. The maximum Gasteiger partial charge on any atom is 0.433 e. The van der Waals surface area contributed by atoms with Crippen molar-refractivity contribution in [3.8, 4) is 0 Å². The van der Waals surface area contributed by atoms with E-state index in [2.05, 4.69) is 15.6 Å². The second-order valence-corrected chi connectivity index (χ2v) is 6.29. The maximum atomic E-state index is 12.7. The molecule has 1 atom stereocenters. The Hall–Kier alpha value is -3.10. The predicted octanol–water partition coefficient (Wildman–Crippen LogP) is 3.12. The topological polar surface area (TPSA) is 74.3 Å². The minimum Gasteiger partial charge on any atom is -0.349 e. The summed E-state index contributed by atoms with van der Waals surface area (Å²) in [6.45, 7) is -0.182. The number of carbonyl (C=O) groups is 2. The third-order valence-electron chi connectivity index (χ3n) is 3.91. The molecule has 1 heterocycles. The molecule has 3 amide bonds. The van der Waals surface area contributed by atoms with Crippen LogP contribution >= 0.6 is 0 Å². The van der Waals surface area contributed by atoms with Gasteiger partial charge in [0.1, 0.15) is 5.69 Å². The van der Waals surface area contributed by atoms with Gasteiger partial charge in [0.15, 0.2) is 0 Å². The third-order valence-corrected chi connectivity index (χ3v) is 3.91. The summed E-state index contributed by atoms with van der Waals surface area (Å²) in [6.07, 6.45) is -4.50. The van der Waals surface area contributed by atoms with E-state index in [0.29, 0.717) is 0 Å². The first kappa shape index (κ1) is 21.2. The van der Waals surface area contributed by atoms with Crippen LogP contribution in [0, 0.1) is 0 Å². The monoisotopic (exact) mass is 394 g/mol. The number of alkyl halides is 3. The van der Waals surface area contributed by atoms with Crippen molar-refractivity contribution in [3.05, 3.63) is 65.5 Å². The standard InChI is InChI=1S/C19H21F3N4O2/c1-26(2)17(27)11-15(13-7-4-3-5-8-13)25-18(28)23-12-14-9-6-10-16(24-14)19(20,21)22/h3-10,15H,11-12H2,1-2H3,(H2,23,25,28). The number of amides is 3. The van der Waals surface area contributed by atoms with Crippen molar-refractivity contribution in [3.63, 3.8) is 0 Å². The smallest absolute Gasteiger partial charge is 0.349 e. The normalized spacial score (nSPS) is 12.2. The van der Waals surface area contributed by atoms with Crippen molar-refractivity contribution >= 4 is 11.9 Å². The fraction of sp³-hybridized carbons (Fsp3) is 0.316. The lowest BCUT2D eigenvalue weighted by Crippen LogP contribution is -2.39. The summed E-state index contributed by atoms with van der Waals surface area (Å²) < 4.78 is 38.1. The molecule has 0 aliphatic carbocycles. The molecule has 0 radical (unpaired) electrons. The molecule has 0 bridgehead atoms. The summed E-state index contributed by atoms with van der Waals surface area (Å²) in [5, 5.41) is 5.16. The van der Waals surface area contributed by atoms with Gasteiger partial charge in [0.25, 0.3) is 0 Å². The van der Waals surface area contributed by atoms with E-state index in [0.717, 1.165) is 11.6 Å². The fourth-order valence-corrected chi connectivity index (χ4v) is 2.41. The number of nitrogens with zero attached hydrogens (tertiary/aromatic N) is 2. The van der Waals surface area contributed by atoms with E-state index in [1.165, 1.54) is 17.0 Å². The molecule has 1 unspecified atom stereocenters. The summed E-state index contributed by atoms with van der Waals surface area (Å²) in [5.41, 5.74) is -0.207. The number of rotatable bonds is 6. The Kier molecular flexibility index (Phi) is 6.97. The Bertz CT molecular complexity index is 810. The summed E-state index contributed by atoms with van der Waals surface area (Å²) in [5.74, 6) is -0.173. The first-order valence-corrected chi connectivity index (χ1v) is 8.49. The van der Waals surface area contributed by atoms with Crippen LogP contribution in [-0.4, -0.2) is 35.9 Å². The van der Waals surface area contributed by atoms with Crippen LogP contribution in [0.5, 0.6) is 0 Å². The van der Waals surface area contributed by atoms with Crippen molar-refractivity contribution in [2.75, 3.05) is 14.1 Å². The molecule has 0 aliphatic heterocycles. The molecular weight excluding hydrogens is 373 g/mol. The van der Waals surface area contributed by atoms with E-state index in [1.807, 2.05) is 6.07 Å². The molecule has 2 aromatic rings. The van der Waals surface area contributed by atoms with E-state index in [1.54, 1.807) is 38.4 Å². The maximum absolute atomic E-state index is 12.7. The molecule has 0 saturated carbocycles. The minimum absolute atomic E-state index is 0.0479. The lowest BCUT2D eigenvalue weighted by atomic mass is 10.0. The number of hydrogen-bond donors (Lipinski definition) is 2. The first-order chi connectivity index (χ1) is 13.2. The highest BCUT2D eigenvalue weighted by atomic mass is 19.4. The number of carbonyl (C=O) groups excluding carboxylic acids is 2. The van der Waals surface area contributed by atoms with Crippen LogP contribution in [0.25, 0.3) is 0 Å². The first-order valence-electron chi connectivity index (χ1n) is 8.49. The molecule has 2 rings (SSSR count). The second-order valence-electron chi connectivity index (χ2n) is 6.29. The lowest BCUT2D eigenvalue weighted by Gasteiger charge is -2.21. The van der Waals surface area contributed by atoms with E-state index < -0.39 is 23.9 Å². The summed E-state index contributed by atoms with van der Waals surface area (Å²) in [7, 11) is 3.23. The summed E-state index contributed by atoms with van der Waals surface area (Å²) in [4.78, 5) is 29.2. The molecular formula is C19H21F3N4O2. The Labute approximate surface area is 160 Å². The number of aromatic nitrogens is 1. The Balaban J connectivity index is 2.02. The van der Waals surface area contributed by atoms with Gasteiger partial charge in [-0.3, -0.25) is 4.79 Å². The van der Waals surface area contributed by atoms with Gasteiger partial charge in [-0.05, 0) is 17.7 Å². The average Bonchev–Trinajstić information content (AvgIpc) is 2.66. The minimum atomic E-state index is -4.55. The van der Waals surface area contributed by atoms with E-state index in [-0.39, 0.29) is 24.6 Å². The average molecular weight is 394 g/mol. The molecule has 0 saturated heterocycles. The van der Waals surface area contributed by atoms with Crippen LogP contribution in [0.3, 0.4) is 0 Å². The molecule has 6 nitrogen and oxygen atoms in total. The van der Waals surface area contributed by atoms with E-state index in [9.17, 15) is 22.8 Å². The van der Waals surface area contributed by atoms with E-state index in [4.69, 9.17) is 0 Å². The molecule has 0 aliphatic rings. The molecule has 28 heavy (non-hydrogen) atoms. The van der Waals surface area contributed by atoms with Crippen LogP contribution in [0.1, 0.15) is 29.4 Å². The van der Waals surface area contributed by atoms with Gasteiger partial charge in [0.2, 0.25) is 5.91 Å². The number of urea groups is 1. The Morgan fingerprint density at radius 1 is 1.07 bits per heavy atom. The number of halogens is 3. The Morgan fingerprint density at radius 2 is 1.75 bits per heavy atom. The van der Waals surface area contributed by atoms with Crippen LogP contribution in [-0.2, 0) is 17.5 Å². The van der Waals surface area contributed by atoms with Crippen molar-refractivity contribution in [1.82, 2.24) is 20.5 Å². The molecule has 1 aromatic heterocycles. The van der Waals surface area contributed by atoms with Crippen molar-refractivity contribution < 1.29 is 22.8 Å². The third kappa shape index (κ3) is 6.26. The summed E-state index contributed by atoms with van der Waals surface area (Å²) in [6, 6.07) is 11.2. The van der Waals surface area contributed by atoms with Crippen LogP contribution < -0.4 is 10.6 Å². The van der Waals surface area contributed by atoms with Gasteiger partial charge in [-0.25, -0.2) is 9.78 Å². The largest absolute Gasteiger partial charge is 0.433 e. The highest BCUT2D eigenvalue weighted by Gasteiger charge is 2.32. The molecule has 2 N–H and O–H groups in total. The highest BCUT2D eigenvalue weighted by Crippen LogP contribution is 2.27. The zero-order valence-electron chi connectivity index (χ0n) is 15.5. The van der Waals surface area contributed by atoms with Crippen LogP contribution in [0.4, 0.5) is 18.0 Å². The van der Waals surface area contributed by atoms with Crippen molar-refractivity contribution in [2.24, 2.45) is 0 Å². The summed E-state index contributed by atoms with van der Waals surface area (Å²) >= 11 is 0.